The number of halogens is 1. The topological polar surface area (TPSA) is 24.5 Å². The second-order valence-corrected chi connectivity index (χ2v) is 5.73. The minimum absolute atomic E-state index is 0.126. The molecular formula is C16H23FN2O. The Hall–Kier alpha value is -0.970. The summed E-state index contributed by atoms with van der Waals surface area (Å²) < 4.78 is 19.0. The second kappa shape index (κ2) is 6.20. The average Bonchev–Trinajstić information content (AvgIpc) is 2.87. The average molecular weight is 278 g/mol. The number of morpholine rings is 1. The highest BCUT2D eigenvalue weighted by molar-refractivity contribution is 5.34. The molecule has 0 bridgehead atoms. The number of benzene rings is 1. The van der Waals surface area contributed by atoms with Crippen LogP contribution in [0.15, 0.2) is 18.2 Å². The van der Waals surface area contributed by atoms with Crippen molar-refractivity contribution in [2.24, 2.45) is 0 Å². The molecule has 2 aliphatic rings. The number of nitrogens with one attached hydrogen (secondary N) is 1. The Labute approximate surface area is 120 Å². The van der Waals surface area contributed by atoms with E-state index in [2.05, 4.69) is 17.1 Å². The van der Waals surface area contributed by atoms with Gasteiger partial charge in [0.15, 0.2) is 0 Å². The van der Waals surface area contributed by atoms with Crippen molar-refractivity contribution in [3.63, 3.8) is 0 Å². The van der Waals surface area contributed by atoms with Crippen LogP contribution in [0.1, 0.15) is 30.5 Å². The maximum Gasteiger partial charge on any atom is 0.123 e. The Morgan fingerprint density at radius 3 is 3.20 bits per heavy atom. The fourth-order valence-corrected chi connectivity index (χ4v) is 3.26. The van der Waals surface area contributed by atoms with Crippen LogP contribution in [0.3, 0.4) is 0 Å². The first-order valence-electron chi connectivity index (χ1n) is 7.62. The summed E-state index contributed by atoms with van der Waals surface area (Å²) in [6, 6.07) is 5.52. The van der Waals surface area contributed by atoms with Gasteiger partial charge in [-0.3, -0.25) is 4.90 Å². The molecule has 0 saturated carbocycles. The molecule has 0 aromatic heterocycles. The van der Waals surface area contributed by atoms with Gasteiger partial charge in [-0.1, -0.05) is 13.0 Å². The first-order valence-corrected chi connectivity index (χ1v) is 7.62. The Kier molecular flexibility index (Phi) is 4.34. The lowest BCUT2D eigenvalue weighted by Gasteiger charge is -2.32. The summed E-state index contributed by atoms with van der Waals surface area (Å²) in [5, 5.41) is 3.60. The number of likely N-dealkylation sites (N-methyl/N-ethyl adjacent to an activating group) is 1. The van der Waals surface area contributed by atoms with Crippen LogP contribution in [0.25, 0.3) is 0 Å². The van der Waals surface area contributed by atoms with Crippen molar-refractivity contribution in [2.45, 2.75) is 31.9 Å². The summed E-state index contributed by atoms with van der Waals surface area (Å²) in [6.07, 6.45) is 2.30. The predicted octanol–water partition coefficient (Wildman–Crippen LogP) is 2.12. The van der Waals surface area contributed by atoms with Crippen LogP contribution >= 0.6 is 0 Å². The monoisotopic (exact) mass is 278 g/mol. The molecule has 0 amide bonds. The van der Waals surface area contributed by atoms with Crippen LogP contribution in [0.4, 0.5) is 4.39 Å². The number of nitrogens with zero attached hydrogens (tertiary/aromatic N) is 1. The largest absolute Gasteiger partial charge is 0.374 e. The van der Waals surface area contributed by atoms with E-state index in [1.807, 2.05) is 6.07 Å². The van der Waals surface area contributed by atoms with E-state index in [1.54, 1.807) is 12.1 Å². The van der Waals surface area contributed by atoms with Gasteiger partial charge in [0, 0.05) is 25.7 Å². The van der Waals surface area contributed by atoms with Crippen molar-refractivity contribution in [1.82, 2.24) is 10.2 Å². The van der Waals surface area contributed by atoms with Crippen molar-refractivity contribution in [2.75, 3.05) is 32.8 Å². The minimum Gasteiger partial charge on any atom is -0.374 e. The lowest BCUT2D eigenvalue weighted by molar-refractivity contribution is -0.0263. The molecule has 1 aliphatic heterocycles. The molecule has 1 aromatic rings. The van der Waals surface area contributed by atoms with Crippen LogP contribution in [-0.4, -0.2) is 43.8 Å². The molecule has 0 spiro atoms. The third kappa shape index (κ3) is 3.03. The van der Waals surface area contributed by atoms with Crippen molar-refractivity contribution in [3.8, 4) is 0 Å². The molecule has 1 N–H and O–H groups in total. The molecule has 2 unspecified atom stereocenters. The van der Waals surface area contributed by atoms with Gasteiger partial charge >= 0.3 is 0 Å². The second-order valence-electron chi connectivity index (χ2n) is 5.73. The first kappa shape index (κ1) is 14.0. The molecular weight excluding hydrogens is 255 g/mol. The lowest BCUT2D eigenvalue weighted by atomic mass is 10.1. The summed E-state index contributed by atoms with van der Waals surface area (Å²) in [5.41, 5.74) is 2.41. The third-order valence-corrected chi connectivity index (χ3v) is 4.44. The highest BCUT2D eigenvalue weighted by Crippen LogP contribution is 2.31. The Morgan fingerprint density at radius 1 is 1.45 bits per heavy atom. The van der Waals surface area contributed by atoms with Crippen LogP contribution in [0.2, 0.25) is 0 Å². The molecule has 0 radical (unpaired) electrons. The number of ether oxygens (including phenoxy) is 1. The van der Waals surface area contributed by atoms with Gasteiger partial charge in [0.05, 0.1) is 12.7 Å². The van der Waals surface area contributed by atoms with E-state index in [1.165, 1.54) is 5.56 Å². The van der Waals surface area contributed by atoms with Crippen LogP contribution in [0.5, 0.6) is 0 Å². The number of aryl methyl sites for hydroxylation is 1. The Morgan fingerprint density at radius 2 is 2.35 bits per heavy atom. The van der Waals surface area contributed by atoms with Crippen molar-refractivity contribution in [3.05, 3.63) is 35.1 Å². The standard InChI is InChI=1S/C16H23FN2O/c1-2-19-7-8-20-14(11-19)10-18-16-6-3-12-9-13(17)4-5-15(12)16/h4-5,9,14,16,18H,2-3,6-8,10-11H2,1H3. The minimum atomic E-state index is -0.126. The van der Waals surface area contributed by atoms with E-state index >= 15 is 0 Å². The summed E-state index contributed by atoms with van der Waals surface area (Å²) in [7, 11) is 0. The van der Waals surface area contributed by atoms with E-state index in [0.717, 1.165) is 51.2 Å². The first-order chi connectivity index (χ1) is 9.76. The normalized spacial score (nSPS) is 26.7. The molecule has 2 atom stereocenters. The van der Waals surface area contributed by atoms with Crippen LogP contribution in [0, 0.1) is 5.82 Å². The molecule has 3 nitrogen and oxygen atoms in total. The van der Waals surface area contributed by atoms with E-state index in [4.69, 9.17) is 4.74 Å². The maximum atomic E-state index is 13.2. The van der Waals surface area contributed by atoms with Gasteiger partial charge in [0.25, 0.3) is 0 Å². The van der Waals surface area contributed by atoms with Crippen molar-refractivity contribution in [1.29, 1.82) is 0 Å². The summed E-state index contributed by atoms with van der Waals surface area (Å²) in [5.74, 6) is -0.126. The van der Waals surface area contributed by atoms with Crippen LogP contribution in [-0.2, 0) is 11.2 Å². The lowest BCUT2D eigenvalue weighted by Crippen LogP contribution is -2.46. The van der Waals surface area contributed by atoms with E-state index in [-0.39, 0.29) is 11.9 Å². The van der Waals surface area contributed by atoms with Gasteiger partial charge in [0.1, 0.15) is 5.82 Å². The van der Waals surface area contributed by atoms with E-state index in [0.29, 0.717) is 6.04 Å². The van der Waals surface area contributed by atoms with Gasteiger partial charge in [-0.15, -0.1) is 0 Å². The SMILES string of the molecule is CCN1CCOC(CNC2CCc3cc(F)ccc32)C1. The molecule has 1 aromatic carbocycles. The highest BCUT2D eigenvalue weighted by Gasteiger charge is 2.25. The molecule has 4 heteroatoms. The fraction of sp³-hybridized carbons (Fsp3) is 0.625. The smallest absolute Gasteiger partial charge is 0.123 e. The van der Waals surface area contributed by atoms with Crippen LogP contribution < -0.4 is 5.32 Å². The van der Waals surface area contributed by atoms with Gasteiger partial charge in [-0.25, -0.2) is 4.39 Å². The van der Waals surface area contributed by atoms with Gasteiger partial charge in [-0.2, -0.15) is 0 Å². The van der Waals surface area contributed by atoms with E-state index < -0.39 is 0 Å². The third-order valence-electron chi connectivity index (χ3n) is 4.44. The molecule has 3 rings (SSSR count). The zero-order valence-corrected chi connectivity index (χ0v) is 12.1. The fourth-order valence-electron chi connectivity index (χ4n) is 3.26. The van der Waals surface area contributed by atoms with Crippen molar-refractivity contribution >= 4 is 0 Å². The quantitative estimate of drug-likeness (QED) is 0.913. The van der Waals surface area contributed by atoms with Gasteiger partial charge < -0.3 is 10.1 Å². The predicted molar refractivity (Wildman–Crippen MR) is 77.3 cm³/mol. The number of rotatable bonds is 4. The molecule has 110 valence electrons. The zero-order valence-electron chi connectivity index (χ0n) is 12.1. The molecule has 20 heavy (non-hydrogen) atoms. The molecule has 1 fully saturated rings. The molecule has 1 aliphatic carbocycles. The summed E-state index contributed by atoms with van der Waals surface area (Å²) in [4.78, 5) is 2.42. The Balaban J connectivity index is 1.55. The van der Waals surface area contributed by atoms with E-state index in [9.17, 15) is 4.39 Å². The highest BCUT2D eigenvalue weighted by atomic mass is 19.1. The Bertz CT molecular complexity index is 466. The number of fused-ring (bicyclic) bond motifs is 1. The van der Waals surface area contributed by atoms with Gasteiger partial charge in [0.2, 0.25) is 0 Å². The molecule has 1 heterocycles. The number of hydrogen-bond donors (Lipinski definition) is 1. The number of hydrogen-bond acceptors (Lipinski definition) is 3. The zero-order chi connectivity index (χ0) is 13.9. The van der Waals surface area contributed by atoms with Gasteiger partial charge in [-0.05, 0) is 42.6 Å². The maximum absolute atomic E-state index is 13.2. The van der Waals surface area contributed by atoms with Crippen molar-refractivity contribution < 1.29 is 9.13 Å². The molecule has 1 saturated heterocycles. The summed E-state index contributed by atoms with van der Waals surface area (Å²) >= 11 is 0. The summed E-state index contributed by atoms with van der Waals surface area (Å²) in [6.45, 7) is 7.03.